The molecule has 2 nitrogen and oxygen atoms in total. The molecule has 0 heterocycles. The van der Waals surface area contributed by atoms with Crippen LogP contribution in [0.4, 0.5) is 5.69 Å². The number of anilines is 1. The quantitative estimate of drug-likeness (QED) is 0.413. The van der Waals surface area contributed by atoms with E-state index in [1.165, 1.54) is 0 Å². The van der Waals surface area contributed by atoms with Crippen molar-refractivity contribution in [3.8, 4) is 12.3 Å². The molecule has 0 amide bonds. The maximum absolute atomic E-state index is 5.51. The number of rotatable bonds is 3. The molecule has 12 heavy (non-hydrogen) atoms. The Labute approximate surface area is 72.3 Å². The molecule has 0 aliphatic carbocycles. The van der Waals surface area contributed by atoms with Gasteiger partial charge in [0.15, 0.2) is 0 Å². The number of ether oxygens (including phenoxy) is 1. The highest BCUT2D eigenvalue weighted by Crippen LogP contribution is 2.05. The molecule has 0 atom stereocenters. The summed E-state index contributed by atoms with van der Waals surface area (Å²) in [5, 5.41) is 0. The fourth-order valence-electron chi connectivity index (χ4n) is 0.842. The molecule has 0 aliphatic rings. The summed E-state index contributed by atoms with van der Waals surface area (Å²) in [6.07, 6.45) is 5.02. The molecule has 0 bridgehead atoms. The Kier molecular flexibility index (Phi) is 3.18. The molecule has 0 aromatic heterocycles. The van der Waals surface area contributed by atoms with E-state index in [4.69, 9.17) is 16.9 Å². The average molecular weight is 161 g/mol. The van der Waals surface area contributed by atoms with E-state index in [0.29, 0.717) is 13.2 Å². The van der Waals surface area contributed by atoms with Crippen LogP contribution in [0.15, 0.2) is 24.3 Å². The second kappa shape index (κ2) is 4.42. The van der Waals surface area contributed by atoms with Gasteiger partial charge >= 0.3 is 0 Å². The summed E-state index contributed by atoms with van der Waals surface area (Å²) < 4.78 is 5.13. The van der Waals surface area contributed by atoms with Crippen LogP contribution < -0.4 is 5.73 Å². The first-order chi connectivity index (χ1) is 5.83. The van der Waals surface area contributed by atoms with Crippen LogP contribution in [0, 0.1) is 12.3 Å². The van der Waals surface area contributed by atoms with E-state index < -0.39 is 0 Å². The summed E-state index contributed by atoms with van der Waals surface area (Å²) in [7, 11) is 0. The Morgan fingerprint density at radius 3 is 2.58 bits per heavy atom. The minimum atomic E-state index is 0.352. The fourth-order valence-corrected chi connectivity index (χ4v) is 0.842. The van der Waals surface area contributed by atoms with E-state index in [1.54, 1.807) is 0 Å². The predicted octanol–water partition coefficient (Wildman–Crippen LogP) is 1.42. The Bertz CT molecular complexity index is 271. The van der Waals surface area contributed by atoms with Crippen LogP contribution in [0.2, 0.25) is 0 Å². The van der Waals surface area contributed by atoms with E-state index in [0.717, 1.165) is 11.3 Å². The summed E-state index contributed by atoms with van der Waals surface area (Å²) >= 11 is 0. The lowest BCUT2D eigenvalue weighted by Crippen LogP contribution is -1.93. The van der Waals surface area contributed by atoms with Gasteiger partial charge in [0.1, 0.15) is 6.61 Å². The second-order valence-corrected chi connectivity index (χ2v) is 2.44. The summed E-state index contributed by atoms with van der Waals surface area (Å²) in [6.45, 7) is 0.898. The lowest BCUT2D eigenvalue weighted by atomic mass is 10.2. The van der Waals surface area contributed by atoms with E-state index in [2.05, 4.69) is 5.92 Å². The SMILES string of the molecule is C#CCOCc1ccc(N)cc1. The van der Waals surface area contributed by atoms with Crippen LogP contribution in [0.3, 0.4) is 0 Å². The molecule has 0 saturated carbocycles. The molecule has 1 rings (SSSR count). The molecule has 1 aromatic carbocycles. The van der Waals surface area contributed by atoms with Crippen molar-refractivity contribution in [2.24, 2.45) is 0 Å². The smallest absolute Gasteiger partial charge is 0.107 e. The van der Waals surface area contributed by atoms with Gasteiger partial charge in [-0.25, -0.2) is 0 Å². The van der Waals surface area contributed by atoms with Gasteiger partial charge in [-0.1, -0.05) is 18.1 Å². The van der Waals surface area contributed by atoms with Crippen LogP contribution >= 0.6 is 0 Å². The van der Waals surface area contributed by atoms with Gasteiger partial charge in [0.2, 0.25) is 0 Å². The molecule has 1 aromatic rings. The number of hydrogen-bond acceptors (Lipinski definition) is 2. The van der Waals surface area contributed by atoms with Crippen molar-refractivity contribution >= 4 is 5.69 Å². The number of nitrogen functional groups attached to an aromatic ring is 1. The zero-order chi connectivity index (χ0) is 8.81. The maximum Gasteiger partial charge on any atom is 0.107 e. The number of benzene rings is 1. The maximum atomic E-state index is 5.51. The first kappa shape index (κ1) is 8.63. The molecule has 0 saturated heterocycles. The van der Waals surface area contributed by atoms with Crippen molar-refractivity contribution in [1.29, 1.82) is 0 Å². The molecule has 2 heteroatoms. The van der Waals surface area contributed by atoms with Crippen molar-refractivity contribution in [1.82, 2.24) is 0 Å². The summed E-state index contributed by atoms with van der Waals surface area (Å²) in [6, 6.07) is 7.53. The van der Waals surface area contributed by atoms with E-state index >= 15 is 0 Å². The summed E-state index contributed by atoms with van der Waals surface area (Å²) in [5.74, 6) is 2.40. The highest BCUT2D eigenvalue weighted by Gasteiger charge is 1.90. The average Bonchev–Trinajstić information content (AvgIpc) is 2.09. The third-order valence-corrected chi connectivity index (χ3v) is 1.43. The number of hydrogen-bond donors (Lipinski definition) is 1. The highest BCUT2D eigenvalue weighted by molar-refractivity contribution is 5.39. The standard InChI is InChI=1S/C10H11NO/c1-2-7-12-8-9-3-5-10(11)6-4-9/h1,3-6H,7-8,11H2. The zero-order valence-corrected chi connectivity index (χ0v) is 6.79. The van der Waals surface area contributed by atoms with Crippen molar-refractivity contribution in [2.45, 2.75) is 6.61 Å². The second-order valence-electron chi connectivity index (χ2n) is 2.44. The Morgan fingerprint density at radius 2 is 2.00 bits per heavy atom. The molecule has 0 aliphatic heterocycles. The Balaban J connectivity index is 2.43. The van der Waals surface area contributed by atoms with Crippen LogP contribution in [0.1, 0.15) is 5.56 Å². The van der Waals surface area contributed by atoms with Crippen LogP contribution in [-0.4, -0.2) is 6.61 Å². The molecular formula is C10H11NO. The molecule has 2 N–H and O–H groups in total. The first-order valence-corrected chi connectivity index (χ1v) is 3.68. The molecule has 0 unspecified atom stereocenters. The first-order valence-electron chi connectivity index (χ1n) is 3.68. The molecule has 0 spiro atoms. The Morgan fingerprint density at radius 1 is 1.33 bits per heavy atom. The minimum absolute atomic E-state index is 0.352. The van der Waals surface area contributed by atoms with Gasteiger partial charge in [0.05, 0.1) is 6.61 Å². The van der Waals surface area contributed by atoms with Gasteiger partial charge in [-0.15, -0.1) is 6.42 Å². The van der Waals surface area contributed by atoms with Crippen molar-refractivity contribution in [3.63, 3.8) is 0 Å². The molecule has 0 fully saturated rings. The van der Waals surface area contributed by atoms with Crippen molar-refractivity contribution in [3.05, 3.63) is 29.8 Å². The minimum Gasteiger partial charge on any atom is -0.399 e. The Hall–Kier alpha value is -1.46. The number of terminal acetylenes is 1. The van der Waals surface area contributed by atoms with Crippen LogP contribution in [0.25, 0.3) is 0 Å². The molecule has 62 valence electrons. The normalized spacial score (nSPS) is 9.25. The topological polar surface area (TPSA) is 35.2 Å². The summed E-state index contributed by atoms with van der Waals surface area (Å²) in [4.78, 5) is 0. The summed E-state index contributed by atoms with van der Waals surface area (Å²) in [5.41, 5.74) is 7.35. The van der Waals surface area contributed by atoms with Gasteiger partial charge in [-0.05, 0) is 17.7 Å². The molecule has 0 radical (unpaired) electrons. The molecular weight excluding hydrogens is 150 g/mol. The highest BCUT2D eigenvalue weighted by atomic mass is 16.5. The number of nitrogens with two attached hydrogens (primary N) is 1. The van der Waals surface area contributed by atoms with E-state index in [9.17, 15) is 0 Å². The van der Waals surface area contributed by atoms with Gasteiger partial charge in [-0.2, -0.15) is 0 Å². The van der Waals surface area contributed by atoms with Crippen LogP contribution in [-0.2, 0) is 11.3 Å². The monoisotopic (exact) mass is 161 g/mol. The third kappa shape index (κ3) is 2.65. The van der Waals surface area contributed by atoms with Gasteiger partial charge in [0.25, 0.3) is 0 Å². The van der Waals surface area contributed by atoms with E-state index in [-0.39, 0.29) is 0 Å². The lowest BCUT2D eigenvalue weighted by molar-refractivity contribution is 0.153. The van der Waals surface area contributed by atoms with Gasteiger partial charge < -0.3 is 10.5 Å². The van der Waals surface area contributed by atoms with Crippen molar-refractivity contribution in [2.75, 3.05) is 12.3 Å². The van der Waals surface area contributed by atoms with Gasteiger partial charge in [-0.3, -0.25) is 0 Å². The predicted molar refractivity (Wildman–Crippen MR) is 49.3 cm³/mol. The van der Waals surface area contributed by atoms with Crippen LogP contribution in [0.5, 0.6) is 0 Å². The third-order valence-electron chi connectivity index (χ3n) is 1.43. The van der Waals surface area contributed by atoms with Gasteiger partial charge in [0, 0.05) is 5.69 Å². The van der Waals surface area contributed by atoms with Crippen molar-refractivity contribution < 1.29 is 4.74 Å². The largest absolute Gasteiger partial charge is 0.399 e. The lowest BCUT2D eigenvalue weighted by Gasteiger charge is -2.00. The zero-order valence-electron chi connectivity index (χ0n) is 6.79. The van der Waals surface area contributed by atoms with E-state index in [1.807, 2.05) is 24.3 Å². The fraction of sp³-hybridized carbons (Fsp3) is 0.200.